The van der Waals surface area contributed by atoms with Gasteiger partial charge in [-0.2, -0.15) is 0 Å². The highest BCUT2D eigenvalue weighted by molar-refractivity contribution is 5.52. The van der Waals surface area contributed by atoms with Crippen LogP contribution in [0.1, 0.15) is 32.8 Å². The summed E-state index contributed by atoms with van der Waals surface area (Å²) in [7, 11) is 0. The zero-order valence-corrected chi connectivity index (χ0v) is 10.3. The summed E-state index contributed by atoms with van der Waals surface area (Å²) in [5.41, 5.74) is 1.15. The first-order valence-corrected chi connectivity index (χ1v) is 5.86. The Labute approximate surface area is 97.9 Å². The highest BCUT2D eigenvalue weighted by Crippen LogP contribution is 2.16. The van der Waals surface area contributed by atoms with E-state index < -0.39 is 0 Å². The Morgan fingerprint density at radius 2 is 1.75 bits per heavy atom. The highest BCUT2D eigenvalue weighted by Gasteiger charge is 1.96. The molecule has 0 amide bonds. The number of rotatable bonds is 6. The molecule has 0 aromatic heterocycles. The molecule has 0 aliphatic rings. The van der Waals surface area contributed by atoms with Crippen molar-refractivity contribution >= 4 is 6.08 Å². The van der Waals surface area contributed by atoms with Gasteiger partial charge in [-0.1, -0.05) is 19.1 Å². The zero-order valence-electron chi connectivity index (χ0n) is 10.3. The third-order valence-electron chi connectivity index (χ3n) is 2.20. The molecule has 0 aliphatic carbocycles. The van der Waals surface area contributed by atoms with E-state index in [1.54, 1.807) is 0 Å². The third kappa shape index (κ3) is 3.97. The molecule has 0 unspecified atom stereocenters. The van der Waals surface area contributed by atoms with Crippen molar-refractivity contribution in [3.63, 3.8) is 0 Å². The maximum Gasteiger partial charge on any atom is 0.119 e. The summed E-state index contributed by atoms with van der Waals surface area (Å²) in [6.07, 6.45) is 2.99. The van der Waals surface area contributed by atoms with Gasteiger partial charge in [-0.25, -0.2) is 0 Å². The van der Waals surface area contributed by atoms with Crippen LogP contribution in [-0.4, -0.2) is 13.2 Å². The molecular weight excluding hydrogens is 200 g/mol. The maximum atomic E-state index is 5.50. The third-order valence-corrected chi connectivity index (χ3v) is 2.20. The van der Waals surface area contributed by atoms with Crippen LogP contribution in [-0.2, 0) is 4.74 Å². The summed E-state index contributed by atoms with van der Waals surface area (Å²) in [6.45, 7) is 7.50. The largest absolute Gasteiger partial charge is 0.498 e. The van der Waals surface area contributed by atoms with Gasteiger partial charge < -0.3 is 9.47 Å². The Morgan fingerprint density at radius 1 is 1.06 bits per heavy atom. The van der Waals surface area contributed by atoms with Crippen molar-refractivity contribution < 1.29 is 9.47 Å². The van der Waals surface area contributed by atoms with E-state index in [0.29, 0.717) is 6.61 Å². The topological polar surface area (TPSA) is 18.5 Å². The first kappa shape index (κ1) is 12.6. The normalized spacial score (nSPS) is 11.3. The summed E-state index contributed by atoms with van der Waals surface area (Å²) in [5, 5.41) is 0. The average molecular weight is 220 g/mol. The van der Waals surface area contributed by atoms with Gasteiger partial charge in [0.15, 0.2) is 0 Å². The molecule has 0 saturated carbocycles. The van der Waals surface area contributed by atoms with Crippen LogP contribution in [0, 0.1) is 0 Å². The monoisotopic (exact) mass is 220 g/mol. The molecule has 0 atom stereocenters. The molecule has 2 heteroatoms. The van der Waals surface area contributed by atoms with E-state index in [2.05, 4.69) is 13.0 Å². The van der Waals surface area contributed by atoms with Gasteiger partial charge in [0, 0.05) is 6.42 Å². The van der Waals surface area contributed by atoms with E-state index in [0.717, 1.165) is 30.1 Å². The lowest BCUT2D eigenvalue weighted by molar-refractivity contribution is 0.224. The number of hydrogen-bond donors (Lipinski definition) is 0. The molecule has 0 bridgehead atoms. The lowest BCUT2D eigenvalue weighted by atomic mass is 10.2. The van der Waals surface area contributed by atoms with Gasteiger partial charge in [-0.05, 0) is 37.6 Å². The van der Waals surface area contributed by atoms with Crippen LogP contribution in [0.5, 0.6) is 5.75 Å². The second-order valence-electron chi connectivity index (χ2n) is 3.40. The Kier molecular flexibility index (Phi) is 5.48. The van der Waals surface area contributed by atoms with Gasteiger partial charge in [0.2, 0.25) is 0 Å². The van der Waals surface area contributed by atoms with Gasteiger partial charge in [0.05, 0.1) is 19.0 Å². The maximum absolute atomic E-state index is 5.50. The van der Waals surface area contributed by atoms with Crippen molar-refractivity contribution in [3.8, 4) is 5.75 Å². The zero-order chi connectivity index (χ0) is 11.8. The number of benzene rings is 1. The van der Waals surface area contributed by atoms with E-state index in [9.17, 15) is 0 Å². The fourth-order valence-electron chi connectivity index (χ4n) is 1.44. The molecule has 0 heterocycles. The predicted molar refractivity (Wildman–Crippen MR) is 67.5 cm³/mol. The number of ether oxygens (including phenoxy) is 2. The Balaban J connectivity index is 2.72. The molecule has 1 rings (SSSR count). The summed E-state index contributed by atoms with van der Waals surface area (Å²) in [5.74, 6) is 1.93. The molecule has 0 N–H and O–H groups in total. The van der Waals surface area contributed by atoms with Crippen molar-refractivity contribution in [1.29, 1.82) is 0 Å². The van der Waals surface area contributed by atoms with Crippen LogP contribution >= 0.6 is 0 Å². The summed E-state index contributed by atoms with van der Waals surface area (Å²) < 4.78 is 10.9. The molecular formula is C14H20O2. The standard InChI is InChI=1S/C14H20O2/c1-4-13(15-5-2)11-12-7-9-14(10-8-12)16-6-3/h7-11H,4-6H2,1-3H3. The van der Waals surface area contributed by atoms with Crippen LogP contribution in [0.25, 0.3) is 6.08 Å². The van der Waals surface area contributed by atoms with Gasteiger partial charge in [-0.15, -0.1) is 0 Å². The number of hydrogen-bond acceptors (Lipinski definition) is 2. The van der Waals surface area contributed by atoms with E-state index in [4.69, 9.17) is 9.47 Å². The molecule has 0 aliphatic heterocycles. The van der Waals surface area contributed by atoms with Crippen LogP contribution in [0.15, 0.2) is 30.0 Å². The molecule has 1 aromatic carbocycles. The summed E-state index contributed by atoms with van der Waals surface area (Å²) in [4.78, 5) is 0. The minimum absolute atomic E-state index is 0.703. The Bertz CT molecular complexity index is 325. The quantitative estimate of drug-likeness (QED) is 0.677. The van der Waals surface area contributed by atoms with Gasteiger partial charge >= 0.3 is 0 Å². The Hall–Kier alpha value is -1.44. The van der Waals surface area contributed by atoms with Gasteiger partial charge in [0.1, 0.15) is 5.75 Å². The van der Waals surface area contributed by atoms with Crippen LogP contribution in [0.2, 0.25) is 0 Å². The van der Waals surface area contributed by atoms with Gasteiger partial charge in [0.25, 0.3) is 0 Å². The molecule has 88 valence electrons. The first-order chi connectivity index (χ1) is 7.80. The number of allylic oxidation sites excluding steroid dienone is 1. The molecule has 2 nitrogen and oxygen atoms in total. The van der Waals surface area contributed by atoms with E-state index in [-0.39, 0.29) is 0 Å². The van der Waals surface area contributed by atoms with E-state index in [1.807, 2.05) is 38.1 Å². The molecule has 0 spiro atoms. The Morgan fingerprint density at radius 3 is 2.25 bits per heavy atom. The van der Waals surface area contributed by atoms with Crippen LogP contribution < -0.4 is 4.74 Å². The minimum atomic E-state index is 0.703. The van der Waals surface area contributed by atoms with Crippen LogP contribution in [0.3, 0.4) is 0 Å². The fourth-order valence-corrected chi connectivity index (χ4v) is 1.44. The lowest BCUT2D eigenvalue weighted by Gasteiger charge is -2.06. The highest BCUT2D eigenvalue weighted by atomic mass is 16.5. The predicted octanol–water partition coefficient (Wildman–Crippen LogP) is 3.87. The molecule has 0 saturated heterocycles. The van der Waals surface area contributed by atoms with Crippen molar-refractivity contribution in [2.45, 2.75) is 27.2 Å². The molecule has 0 fully saturated rings. The second kappa shape index (κ2) is 6.94. The average Bonchev–Trinajstić information content (AvgIpc) is 2.31. The second-order valence-corrected chi connectivity index (χ2v) is 3.40. The summed E-state index contributed by atoms with van der Waals surface area (Å²) in [6, 6.07) is 8.04. The van der Waals surface area contributed by atoms with Gasteiger partial charge in [-0.3, -0.25) is 0 Å². The van der Waals surface area contributed by atoms with Crippen molar-refractivity contribution in [2.75, 3.05) is 13.2 Å². The smallest absolute Gasteiger partial charge is 0.119 e. The van der Waals surface area contributed by atoms with E-state index >= 15 is 0 Å². The van der Waals surface area contributed by atoms with Crippen molar-refractivity contribution in [1.82, 2.24) is 0 Å². The molecule has 16 heavy (non-hydrogen) atoms. The summed E-state index contributed by atoms with van der Waals surface area (Å²) >= 11 is 0. The fraction of sp³-hybridized carbons (Fsp3) is 0.429. The SMILES string of the molecule is CCOC(=Cc1ccc(OCC)cc1)CC. The van der Waals surface area contributed by atoms with Crippen molar-refractivity contribution in [2.24, 2.45) is 0 Å². The molecule has 0 radical (unpaired) electrons. The molecule has 1 aromatic rings. The minimum Gasteiger partial charge on any atom is -0.498 e. The lowest BCUT2D eigenvalue weighted by Crippen LogP contribution is -1.91. The first-order valence-electron chi connectivity index (χ1n) is 5.86. The van der Waals surface area contributed by atoms with E-state index in [1.165, 1.54) is 0 Å². The van der Waals surface area contributed by atoms with Crippen molar-refractivity contribution in [3.05, 3.63) is 35.6 Å². The van der Waals surface area contributed by atoms with Crippen LogP contribution in [0.4, 0.5) is 0 Å².